The van der Waals surface area contributed by atoms with Crippen molar-refractivity contribution < 1.29 is 13.2 Å². The highest BCUT2D eigenvalue weighted by Crippen LogP contribution is 2.25. The number of aryl methyl sites for hydroxylation is 1. The maximum atomic E-state index is 12.4. The minimum atomic E-state index is -3.38. The summed E-state index contributed by atoms with van der Waals surface area (Å²) in [5.41, 5.74) is 5.42. The van der Waals surface area contributed by atoms with Crippen LogP contribution in [0.15, 0.2) is 10.4 Å². The Morgan fingerprint density at radius 3 is 2.67 bits per heavy atom. The van der Waals surface area contributed by atoms with E-state index in [1.807, 2.05) is 0 Å². The molecule has 0 aliphatic carbocycles. The minimum absolute atomic E-state index is 0. The molecule has 2 heterocycles. The predicted molar refractivity (Wildman–Crippen MR) is 85.5 cm³/mol. The monoisotopic (exact) mass is 355 g/mol. The van der Waals surface area contributed by atoms with Gasteiger partial charge in [0.2, 0.25) is 0 Å². The summed E-state index contributed by atoms with van der Waals surface area (Å²) in [6, 6.07) is 0. The van der Waals surface area contributed by atoms with Crippen molar-refractivity contribution in [3.63, 3.8) is 0 Å². The summed E-state index contributed by atoms with van der Waals surface area (Å²) < 4.78 is 32.4. The lowest BCUT2D eigenvalue weighted by molar-refractivity contribution is 0.0209. The van der Waals surface area contributed by atoms with E-state index in [-0.39, 0.29) is 18.5 Å². The van der Waals surface area contributed by atoms with Gasteiger partial charge in [-0.15, -0.1) is 23.7 Å². The predicted octanol–water partition coefficient (Wildman–Crippen LogP) is 1.39. The second kappa shape index (κ2) is 8.40. The zero-order chi connectivity index (χ0) is 14.6. The lowest BCUT2D eigenvalue weighted by atomic mass is 10.1. The molecule has 122 valence electrons. The van der Waals surface area contributed by atoms with Gasteiger partial charge in [0.15, 0.2) is 4.21 Å². The largest absolute Gasteiger partial charge is 0.378 e. The Bertz CT molecular complexity index is 528. The van der Waals surface area contributed by atoms with Crippen molar-refractivity contribution in [3.8, 4) is 0 Å². The Morgan fingerprint density at radius 1 is 1.48 bits per heavy atom. The average Bonchev–Trinajstić information content (AvgIpc) is 2.87. The lowest BCUT2D eigenvalue weighted by Gasteiger charge is -2.30. The second-order valence-corrected chi connectivity index (χ2v) is 8.21. The molecule has 0 aromatic carbocycles. The molecule has 1 saturated heterocycles. The van der Waals surface area contributed by atoms with E-state index >= 15 is 0 Å². The quantitative estimate of drug-likeness (QED) is 0.779. The smallest absolute Gasteiger partial charge is 0.254 e. The van der Waals surface area contributed by atoms with Gasteiger partial charge in [-0.05, 0) is 32.7 Å². The Hall–Kier alpha value is -0.250. The van der Waals surface area contributed by atoms with Gasteiger partial charge in [-0.1, -0.05) is 0 Å². The first kappa shape index (κ1) is 18.8. The van der Waals surface area contributed by atoms with Crippen LogP contribution >= 0.6 is 23.7 Å². The number of thiazole rings is 1. The van der Waals surface area contributed by atoms with Crippen LogP contribution in [0.3, 0.4) is 0 Å². The van der Waals surface area contributed by atoms with E-state index in [9.17, 15) is 8.42 Å². The lowest BCUT2D eigenvalue weighted by Crippen LogP contribution is -2.40. The number of piperidine rings is 1. The molecule has 9 heteroatoms. The zero-order valence-corrected chi connectivity index (χ0v) is 14.5. The molecule has 0 saturated carbocycles. The molecular formula is C12H22ClN3O3S2. The summed E-state index contributed by atoms with van der Waals surface area (Å²) in [5.74, 6) is 0. The first-order valence-corrected chi connectivity index (χ1v) is 9.04. The van der Waals surface area contributed by atoms with Crippen LogP contribution in [0, 0.1) is 6.92 Å². The van der Waals surface area contributed by atoms with Gasteiger partial charge in [0.25, 0.3) is 10.0 Å². The van der Waals surface area contributed by atoms with Crippen molar-refractivity contribution in [1.29, 1.82) is 0 Å². The zero-order valence-electron chi connectivity index (χ0n) is 12.0. The normalized spacial score (nSPS) is 17.6. The molecule has 21 heavy (non-hydrogen) atoms. The highest BCUT2D eigenvalue weighted by atomic mass is 35.5. The van der Waals surface area contributed by atoms with E-state index in [0.29, 0.717) is 30.5 Å². The molecule has 2 N–H and O–H groups in total. The van der Waals surface area contributed by atoms with Gasteiger partial charge in [-0.3, -0.25) is 0 Å². The molecule has 1 aromatic rings. The molecule has 0 spiro atoms. The molecule has 0 bridgehead atoms. The van der Waals surface area contributed by atoms with Crippen LogP contribution < -0.4 is 5.73 Å². The summed E-state index contributed by atoms with van der Waals surface area (Å²) in [7, 11) is -3.38. The summed E-state index contributed by atoms with van der Waals surface area (Å²) in [6.07, 6.45) is 3.91. The summed E-state index contributed by atoms with van der Waals surface area (Å²) in [4.78, 5) is 4.02. The fraction of sp³-hybridized carbons (Fsp3) is 0.750. The highest BCUT2D eigenvalue weighted by Gasteiger charge is 2.30. The maximum absolute atomic E-state index is 12.4. The molecule has 2 rings (SSSR count). The number of halogens is 1. The Kier molecular flexibility index (Phi) is 7.52. The Morgan fingerprint density at radius 2 is 2.14 bits per heavy atom. The molecule has 0 unspecified atom stereocenters. The standard InChI is InChI=1S/C12H21N3O3S2.ClH/c1-10-14-9-12(19-10)20(16,17)15-6-3-11(4-7-15)18-8-2-5-13;/h9,11H,2-8,13H2,1H3;1H. The van der Waals surface area contributed by atoms with Crippen LogP contribution in [0.2, 0.25) is 0 Å². The van der Waals surface area contributed by atoms with E-state index in [2.05, 4.69) is 4.98 Å². The van der Waals surface area contributed by atoms with Crippen LogP contribution in [0.25, 0.3) is 0 Å². The minimum Gasteiger partial charge on any atom is -0.378 e. The number of rotatable bonds is 6. The van der Waals surface area contributed by atoms with Crippen LogP contribution in [0.4, 0.5) is 0 Å². The van der Waals surface area contributed by atoms with Crippen molar-refractivity contribution in [2.24, 2.45) is 5.73 Å². The fourth-order valence-corrected chi connectivity index (χ4v) is 4.89. The highest BCUT2D eigenvalue weighted by molar-refractivity contribution is 7.91. The number of hydrogen-bond acceptors (Lipinski definition) is 6. The second-order valence-electron chi connectivity index (χ2n) is 4.81. The fourth-order valence-electron chi connectivity index (χ4n) is 2.16. The van der Waals surface area contributed by atoms with Crippen LogP contribution in [0.1, 0.15) is 24.3 Å². The van der Waals surface area contributed by atoms with E-state index in [0.717, 1.165) is 24.3 Å². The van der Waals surface area contributed by atoms with Crippen molar-refractivity contribution >= 4 is 33.8 Å². The van der Waals surface area contributed by atoms with Gasteiger partial charge in [-0.25, -0.2) is 13.4 Å². The van der Waals surface area contributed by atoms with E-state index in [1.54, 1.807) is 6.92 Å². The molecule has 1 fully saturated rings. The van der Waals surface area contributed by atoms with Gasteiger partial charge in [-0.2, -0.15) is 4.31 Å². The third-order valence-electron chi connectivity index (χ3n) is 3.30. The number of ether oxygens (including phenoxy) is 1. The van der Waals surface area contributed by atoms with E-state index in [4.69, 9.17) is 10.5 Å². The molecule has 0 radical (unpaired) electrons. The molecular weight excluding hydrogens is 334 g/mol. The number of hydrogen-bond donors (Lipinski definition) is 1. The van der Waals surface area contributed by atoms with Crippen LogP contribution in [-0.4, -0.2) is 50.1 Å². The van der Waals surface area contributed by atoms with E-state index < -0.39 is 10.0 Å². The van der Waals surface area contributed by atoms with Gasteiger partial charge in [0.1, 0.15) is 0 Å². The molecule has 1 aliphatic heterocycles. The number of sulfonamides is 1. The van der Waals surface area contributed by atoms with E-state index in [1.165, 1.54) is 21.8 Å². The number of nitrogens with zero attached hydrogens (tertiary/aromatic N) is 2. The third-order valence-corrected chi connectivity index (χ3v) is 6.55. The van der Waals surface area contributed by atoms with Crippen molar-refractivity contribution in [3.05, 3.63) is 11.2 Å². The summed E-state index contributed by atoms with van der Waals surface area (Å²) >= 11 is 1.22. The molecule has 0 amide bonds. The molecule has 0 atom stereocenters. The first-order valence-electron chi connectivity index (χ1n) is 6.78. The van der Waals surface area contributed by atoms with Crippen molar-refractivity contribution in [1.82, 2.24) is 9.29 Å². The van der Waals surface area contributed by atoms with Gasteiger partial charge < -0.3 is 10.5 Å². The third kappa shape index (κ3) is 4.87. The number of aromatic nitrogens is 1. The maximum Gasteiger partial charge on any atom is 0.254 e. The number of nitrogens with two attached hydrogens (primary N) is 1. The molecule has 6 nitrogen and oxygen atoms in total. The van der Waals surface area contributed by atoms with Crippen LogP contribution in [0.5, 0.6) is 0 Å². The topological polar surface area (TPSA) is 85.5 Å². The van der Waals surface area contributed by atoms with Gasteiger partial charge in [0.05, 0.1) is 17.3 Å². The molecule has 1 aliphatic rings. The van der Waals surface area contributed by atoms with Crippen molar-refractivity contribution in [2.45, 2.75) is 36.5 Å². The summed E-state index contributed by atoms with van der Waals surface area (Å²) in [6.45, 7) is 4.10. The average molecular weight is 356 g/mol. The molecule has 1 aromatic heterocycles. The SMILES string of the molecule is Cc1ncc(S(=O)(=O)N2CCC(OCCCN)CC2)s1.Cl. The van der Waals surface area contributed by atoms with Crippen molar-refractivity contribution in [2.75, 3.05) is 26.2 Å². The Balaban J connectivity index is 0.00000220. The van der Waals surface area contributed by atoms with Crippen LogP contribution in [-0.2, 0) is 14.8 Å². The Labute approximate surface area is 136 Å². The van der Waals surface area contributed by atoms with Gasteiger partial charge >= 0.3 is 0 Å². The summed E-state index contributed by atoms with van der Waals surface area (Å²) in [5, 5.41) is 0.767. The first-order chi connectivity index (χ1) is 9.54. The van der Waals surface area contributed by atoms with Gasteiger partial charge in [0, 0.05) is 19.7 Å².